The van der Waals surface area contributed by atoms with Crippen LogP contribution in [0.5, 0.6) is 5.75 Å². The molecule has 1 unspecified atom stereocenters. The number of aromatic hydroxyl groups is 1. The van der Waals surface area contributed by atoms with Gasteiger partial charge >= 0.3 is 0 Å². The number of phenolic OH excluding ortho intramolecular Hbond substituents is 1. The minimum Gasteiger partial charge on any atom is -0.508 e. The Morgan fingerprint density at radius 3 is 1.77 bits per heavy atom. The summed E-state index contributed by atoms with van der Waals surface area (Å²) in [6, 6.07) is 14.4. The monoisotopic (exact) mass is 298 g/mol. The maximum atomic E-state index is 12.5. The lowest BCUT2D eigenvalue weighted by Crippen LogP contribution is -2.41. The Kier molecular flexibility index (Phi) is 3.11. The van der Waals surface area contributed by atoms with Gasteiger partial charge in [-0.1, -0.05) is 18.2 Å². The van der Waals surface area contributed by atoms with Gasteiger partial charge in [0.05, 0.1) is 11.4 Å². The summed E-state index contributed by atoms with van der Waals surface area (Å²) in [6.07, 6.45) is 0. The van der Waals surface area contributed by atoms with Crippen LogP contribution in [0.2, 0.25) is 0 Å². The van der Waals surface area contributed by atoms with Crippen molar-refractivity contribution in [2.45, 2.75) is 12.5 Å². The lowest BCUT2D eigenvalue weighted by Gasteiger charge is -2.27. The maximum Gasteiger partial charge on any atom is 0.287 e. The van der Waals surface area contributed by atoms with E-state index in [-0.39, 0.29) is 5.75 Å². The fourth-order valence-corrected chi connectivity index (χ4v) is 2.31. The van der Waals surface area contributed by atoms with E-state index in [2.05, 4.69) is 0 Å². The highest BCUT2D eigenvalue weighted by Gasteiger charge is 2.55. The van der Waals surface area contributed by atoms with Gasteiger partial charge in [0.1, 0.15) is 5.75 Å². The van der Waals surface area contributed by atoms with Gasteiger partial charge in [-0.3, -0.25) is 9.59 Å². The molecule has 1 atom stereocenters. The second kappa shape index (κ2) is 4.85. The highest BCUT2D eigenvalue weighted by molar-refractivity contribution is 6.28. The Hall–Kier alpha value is -2.86. The van der Waals surface area contributed by atoms with E-state index in [1.165, 1.54) is 31.2 Å². The van der Waals surface area contributed by atoms with E-state index >= 15 is 0 Å². The molecule has 22 heavy (non-hydrogen) atoms. The van der Waals surface area contributed by atoms with Crippen LogP contribution in [0.1, 0.15) is 6.92 Å². The molecule has 2 aromatic rings. The molecule has 3 rings (SSSR count). The largest absolute Gasteiger partial charge is 0.508 e. The molecule has 1 aliphatic heterocycles. The van der Waals surface area contributed by atoms with Crippen molar-refractivity contribution in [1.82, 2.24) is 0 Å². The van der Waals surface area contributed by atoms with E-state index < -0.39 is 17.4 Å². The summed E-state index contributed by atoms with van der Waals surface area (Å²) in [7, 11) is 0. The summed E-state index contributed by atoms with van der Waals surface area (Å²) in [6.45, 7) is 1.17. The normalized spacial score (nSPS) is 21.5. The number of carbonyl (C=O) groups is 2. The molecule has 0 aromatic heterocycles. The number of para-hydroxylation sites is 1. The van der Waals surface area contributed by atoms with Gasteiger partial charge in [-0.05, 0) is 43.3 Å². The zero-order valence-electron chi connectivity index (χ0n) is 11.8. The van der Waals surface area contributed by atoms with Gasteiger partial charge in [0, 0.05) is 0 Å². The molecule has 0 radical (unpaired) electrons. The quantitative estimate of drug-likeness (QED) is 0.822. The molecule has 2 N–H and O–H groups in total. The molecule has 1 aliphatic rings. The Morgan fingerprint density at radius 2 is 1.27 bits per heavy atom. The van der Waals surface area contributed by atoms with Crippen LogP contribution in [-0.4, -0.2) is 27.6 Å². The predicted molar refractivity (Wildman–Crippen MR) is 80.1 cm³/mol. The van der Waals surface area contributed by atoms with E-state index in [9.17, 15) is 19.8 Å². The molecule has 1 saturated heterocycles. The van der Waals surface area contributed by atoms with Gasteiger partial charge in [-0.2, -0.15) is 0 Å². The third kappa shape index (κ3) is 2.01. The number of hydrazine groups is 1. The number of anilines is 2. The first-order valence-corrected chi connectivity index (χ1v) is 6.68. The molecular formula is C16H14N2O4. The van der Waals surface area contributed by atoms with Crippen LogP contribution in [0, 0.1) is 0 Å². The highest BCUT2D eigenvalue weighted by Crippen LogP contribution is 2.34. The van der Waals surface area contributed by atoms with E-state index in [1.54, 1.807) is 30.3 Å². The van der Waals surface area contributed by atoms with E-state index in [1.807, 2.05) is 0 Å². The van der Waals surface area contributed by atoms with Gasteiger partial charge in [0.2, 0.25) is 5.60 Å². The van der Waals surface area contributed by atoms with Crippen LogP contribution in [0.4, 0.5) is 11.4 Å². The Bertz CT molecular complexity index is 726. The molecule has 0 saturated carbocycles. The average Bonchev–Trinajstić information content (AvgIpc) is 2.70. The summed E-state index contributed by atoms with van der Waals surface area (Å²) >= 11 is 0. The van der Waals surface area contributed by atoms with Crippen LogP contribution in [0.15, 0.2) is 54.6 Å². The van der Waals surface area contributed by atoms with E-state index in [0.717, 1.165) is 10.0 Å². The summed E-state index contributed by atoms with van der Waals surface area (Å²) in [5.41, 5.74) is -1.29. The minimum absolute atomic E-state index is 0.0414. The number of hydrogen-bond acceptors (Lipinski definition) is 4. The second-order valence-electron chi connectivity index (χ2n) is 5.16. The fraction of sp³-hybridized carbons (Fsp3) is 0.125. The number of hydrogen-bond donors (Lipinski definition) is 2. The van der Waals surface area contributed by atoms with Crippen molar-refractivity contribution in [1.29, 1.82) is 0 Å². The van der Waals surface area contributed by atoms with Gasteiger partial charge in [0.15, 0.2) is 0 Å². The topological polar surface area (TPSA) is 81.1 Å². The zero-order valence-corrected chi connectivity index (χ0v) is 11.8. The first-order chi connectivity index (χ1) is 10.4. The van der Waals surface area contributed by atoms with Gasteiger partial charge in [-0.15, -0.1) is 0 Å². The predicted octanol–water partition coefficient (Wildman–Crippen LogP) is 1.44. The molecule has 2 aromatic carbocycles. The van der Waals surface area contributed by atoms with Crippen LogP contribution in [0.3, 0.4) is 0 Å². The molecular weight excluding hydrogens is 284 g/mol. The van der Waals surface area contributed by atoms with Crippen LogP contribution in [-0.2, 0) is 9.59 Å². The Labute approximate surface area is 126 Å². The van der Waals surface area contributed by atoms with Gasteiger partial charge in [-0.25, -0.2) is 10.0 Å². The van der Waals surface area contributed by atoms with Crippen LogP contribution >= 0.6 is 0 Å². The van der Waals surface area contributed by atoms with Crippen molar-refractivity contribution in [2.24, 2.45) is 0 Å². The molecule has 0 aliphatic carbocycles. The number of amides is 2. The van der Waals surface area contributed by atoms with Gasteiger partial charge in [0.25, 0.3) is 11.8 Å². The number of phenols is 1. The first kappa shape index (κ1) is 14.1. The number of rotatable bonds is 2. The summed E-state index contributed by atoms with van der Waals surface area (Å²) in [4.78, 5) is 24.9. The standard InChI is InChI=1S/C16H14N2O4/c1-16(22)14(20)17(11-5-3-2-4-6-11)18(15(16)21)12-7-9-13(19)10-8-12/h2-10,19,22H,1H3. The molecule has 1 heterocycles. The van der Waals surface area contributed by atoms with Gasteiger partial charge < -0.3 is 10.2 Å². The molecule has 0 bridgehead atoms. The molecule has 6 heteroatoms. The lowest BCUT2D eigenvalue weighted by atomic mass is 10.1. The molecule has 2 amide bonds. The fourth-order valence-electron chi connectivity index (χ4n) is 2.31. The minimum atomic E-state index is -2.13. The number of carbonyl (C=O) groups excluding carboxylic acids is 2. The third-order valence-electron chi connectivity index (χ3n) is 3.51. The smallest absolute Gasteiger partial charge is 0.287 e. The lowest BCUT2D eigenvalue weighted by molar-refractivity contribution is -0.142. The van der Waals surface area contributed by atoms with Crippen LogP contribution in [0.25, 0.3) is 0 Å². The summed E-state index contributed by atoms with van der Waals surface area (Å²) in [5, 5.41) is 21.8. The molecule has 112 valence electrons. The second-order valence-corrected chi connectivity index (χ2v) is 5.16. The SMILES string of the molecule is CC1(O)C(=O)N(c2ccccc2)N(c2ccc(O)cc2)C1=O. The highest BCUT2D eigenvalue weighted by atomic mass is 16.3. The summed E-state index contributed by atoms with van der Waals surface area (Å²) < 4.78 is 0. The Balaban J connectivity index is 2.14. The molecule has 0 spiro atoms. The molecule has 6 nitrogen and oxygen atoms in total. The van der Waals surface area contributed by atoms with E-state index in [4.69, 9.17) is 0 Å². The third-order valence-corrected chi connectivity index (χ3v) is 3.51. The average molecular weight is 298 g/mol. The number of nitrogens with zero attached hydrogens (tertiary/aromatic N) is 2. The first-order valence-electron chi connectivity index (χ1n) is 6.68. The van der Waals surface area contributed by atoms with Crippen molar-refractivity contribution < 1.29 is 19.8 Å². The van der Waals surface area contributed by atoms with Crippen LogP contribution < -0.4 is 10.0 Å². The van der Waals surface area contributed by atoms with Crippen molar-refractivity contribution in [2.75, 3.05) is 10.0 Å². The maximum absolute atomic E-state index is 12.5. The van der Waals surface area contributed by atoms with Crippen molar-refractivity contribution in [3.8, 4) is 5.75 Å². The van der Waals surface area contributed by atoms with Crippen molar-refractivity contribution >= 4 is 23.2 Å². The summed E-state index contributed by atoms with van der Waals surface area (Å²) in [5.74, 6) is -1.43. The Morgan fingerprint density at radius 1 is 0.818 bits per heavy atom. The van der Waals surface area contributed by atoms with Crippen molar-refractivity contribution in [3.05, 3.63) is 54.6 Å². The van der Waals surface area contributed by atoms with E-state index in [0.29, 0.717) is 11.4 Å². The number of aliphatic hydroxyl groups is 1. The zero-order chi connectivity index (χ0) is 15.9. The van der Waals surface area contributed by atoms with Crippen molar-refractivity contribution in [3.63, 3.8) is 0 Å². The number of benzene rings is 2. The molecule has 1 fully saturated rings.